The molecule has 4 rings (SSSR count). The van der Waals surface area contributed by atoms with Gasteiger partial charge in [0, 0.05) is 5.70 Å². The lowest BCUT2D eigenvalue weighted by Gasteiger charge is -2.28. The number of amides is 3. The highest BCUT2D eigenvalue weighted by molar-refractivity contribution is 8.14. The van der Waals surface area contributed by atoms with Crippen LogP contribution in [0.15, 0.2) is 120 Å². The number of carbonyl (C=O) groups excluding carboxylic acids is 3. The molecule has 1 aliphatic rings. The van der Waals surface area contributed by atoms with E-state index in [4.69, 9.17) is 27.9 Å². The van der Waals surface area contributed by atoms with Crippen molar-refractivity contribution in [1.82, 2.24) is 10.2 Å². The summed E-state index contributed by atoms with van der Waals surface area (Å²) in [5.41, 5.74) is 2.50. The van der Waals surface area contributed by atoms with Crippen LogP contribution in [0.5, 0.6) is 5.75 Å². The van der Waals surface area contributed by atoms with Crippen LogP contribution in [0.4, 0.5) is 0 Å². The van der Waals surface area contributed by atoms with Crippen molar-refractivity contribution in [2.75, 3.05) is 12.4 Å². The molecular weight excluding hydrogens is 629 g/mol. The predicted octanol–water partition coefficient (Wildman–Crippen LogP) is 7.79. The molecule has 3 aromatic carbocycles. The van der Waals surface area contributed by atoms with Gasteiger partial charge in [0.1, 0.15) is 5.57 Å². The van der Waals surface area contributed by atoms with E-state index in [9.17, 15) is 14.4 Å². The number of benzene rings is 3. The van der Waals surface area contributed by atoms with Crippen molar-refractivity contribution in [1.29, 1.82) is 0 Å². The minimum atomic E-state index is -0.755. The van der Waals surface area contributed by atoms with Crippen LogP contribution in [0, 0.1) is 0 Å². The average Bonchev–Trinajstić information content (AvgIpc) is 3.04. The molecular formula is C35H31Cl2N3O4S. The summed E-state index contributed by atoms with van der Waals surface area (Å²) in [6.45, 7) is 7.62. The highest BCUT2D eigenvalue weighted by atomic mass is 35.5. The molecule has 1 aliphatic heterocycles. The smallest absolute Gasteiger partial charge is 0.285 e. The van der Waals surface area contributed by atoms with E-state index in [-0.39, 0.29) is 32.4 Å². The lowest BCUT2D eigenvalue weighted by molar-refractivity contribution is -0.126. The number of allylic oxidation sites excluding steroid dienone is 4. The van der Waals surface area contributed by atoms with E-state index in [1.807, 2.05) is 60.7 Å². The molecule has 3 aromatic rings. The molecule has 230 valence electrons. The Morgan fingerprint density at radius 1 is 1.04 bits per heavy atom. The molecule has 0 spiro atoms. The zero-order valence-electron chi connectivity index (χ0n) is 24.7. The van der Waals surface area contributed by atoms with E-state index >= 15 is 0 Å². The molecule has 1 N–H and O–H groups in total. The zero-order valence-corrected chi connectivity index (χ0v) is 27.0. The normalized spacial score (nSPS) is 14.7. The first-order chi connectivity index (χ1) is 21.8. The first-order valence-corrected chi connectivity index (χ1v) is 15.8. The summed E-state index contributed by atoms with van der Waals surface area (Å²) >= 11 is 13.7. The van der Waals surface area contributed by atoms with Gasteiger partial charge in [-0.05, 0) is 54.8 Å². The highest BCUT2D eigenvalue weighted by Crippen LogP contribution is 2.35. The molecule has 10 heteroatoms. The number of nitrogens with one attached hydrogen (secondary N) is 1. The van der Waals surface area contributed by atoms with Gasteiger partial charge in [0.05, 0.1) is 28.4 Å². The van der Waals surface area contributed by atoms with Gasteiger partial charge in [0.25, 0.3) is 11.8 Å². The SMILES string of the molecule is C=C/C=C\C(=C/C)N1C(=O)/C(=C/c2cc(Cl)c(OCC)c(Cl)c2)C(=O)N=C1SCC(=O)NC(c1ccccc1)c1ccccc1. The summed E-state index contributed by atoms with van der Waals surface area (Å²) < 4.78 is 5.48. The van der Waals surface area contributed by atoms with Crippen molar-refractivity contribution in [2.24, 2.45) is 4.99 Å². The van der Waals surface area contributed by atoms with E-state index in [2.05, 4.69) is 16.9 Å². The number of halogens is 2. The first kappa shape index (κ1) is 33.5. The third kappa shape index (κ3) is 8.42. The molecule has 0 bridgehead atoms. The minimum absolute atomic E-state index is 0.0674. The lowest BCUT2D eigenvalue weighted by Crippen LogP contribution is -2.42. The standard InChI is InChI=1S/C35H31Cl2N3O4S/c1-4-7-18-26(5-2)40-34(43)27(19-23-20-28(36)32(44-6-3)29(37)21-23)33(42)39-35(40)45-22-30(41)38-31(24-14-10-8-11-15-24)25-16-12-9-13-17-25/h4-5,7-21,31H,1,6,22H2,2-3H3,(H,38,41)/b18-7-,26-5+,27-19+. The summed E-state index contributed by atoms with van der Waals surface area (Å²) in [4.78, 5) is 46.0. The number of carbonyl (C=O) groups is 3. The van der Waals surface area contributed by atoms with Gasteiger partial charge in [-0.2, -0.15) is 4.99 Å². The largest absolute Gasteiger partial charge is 0.491 e. The molecule has 0 saturated heterocycles. The van der Waals surface area contributed by atoms with Crippen molar-refractivity contribution in [3.05, 3.63) is 142 Å². The summed E-state index contributed by atoms with van der Waals surface area (Å²) in [5, 5.41) is 3.62. The topological polar surface area (TPSA) is 88.1 Å². The van der Waals surface area contributed by atoms with Gasteiger partial charge in [0.2, 0.25) is 5.91 Å². The molecule has 0 fully saturated rings. The molecule has 7 nitrogen and oxygen atoms in total. The fourth-order valence-corrected chi connectivity index (χ4v) is 5.93. The Hall–Kier alpha value is -4.37. The van der Waals surface area contributed by atoms with Gasteiger partial charge in [-0.1, -0.05) is 120 Å². The number of ether oxygens (including phenoxy) is 1. The average molecular weight is 661 g/mol. The second-order valence-corrected chi connectivity index (χ2v) is 11.3. The van der Waals surface area contributed by atoms with Crippen LogP contribution in [0.2, 0.25) is 10.0 Å². The molecule has 0 radical (unpaired) electrons. The van der Waals surface area contributed by atoms with Crippen LogP contribution < -0.4 is 10.1 Å². The number of aliphatic imine (C=N–C) groups is 1. The van der Waals surface area contributed by atoms with Crippen LogP contribution >= 0.6 is 35.0 Å². The number of hydrogen-bond donors (Lipinski definition) is 1. The third-order valence-corrected chi connectivity index (χ3v) is 8.03. The Morgan fingerprint density at radius 3 is 2.18 bits per heavy atom. The summed E-state index contributed by atoms with van der Waals surface area (Å²) in [7, 11) is 0. The van der Waals surface area contributed by atoms with Crippen molar-refractivity contribution in [3.63, 3.8) is 0 Å². The zero-order chi connectivity index (χ0) is 32.3. The highest BCUT2D eigenvalue weighted by Gasteiger charge is 2.35. The van der Waals surface area contributed by atoms with E-state index < -0.39 is 17.9 Å². The quantitative estimate of drug-likeness (QED) is 0.129. The summed E-state index contributed by atoms with van der Waals surface area (Å²) in [6.07, 6.45) is 7.98. The molecule has 45 heavy (non-hydrogen) atoms. The maximum atomic E-state index is 13.9. The molecule has 0 atom stereocenters. The Kier molecular flexibility index (Phi) is 12.0. The van der Waals surface area contributed by atoms with Crippen LogP contribution in [-0.4, -0.2) is 40.1 Å². The number of nitrogens with zero attached hydrogens (tertiary/aromatic N) is 2. The predicted molar refractivity (Wildman–Crippen MR) is 183 cm³/mol. The van der Waals surface area contributed by atoms with Crippen LogP contribution in [0.1, 0.15) is 36.6 Å². The maximum absolute atomic E-state index is 13.9. The summed E-state index contributed by atoms with van der Waals surface area (Å²) in [5.74, 6) is -1.46. The van der Waals surface area contributed by atoms with Crippen molar-refractivity contribution < 1.29 is 19.1 Å². The molecule has 0 aliphatic carbocycles. The number of thioether (sulfide) groups is 1. The Morgan fingerprint density at radius 2 is 1.64 bits per heavy atom. The second-order valence-electron chi connectivity index (χ2n) is 9.56. The van der Waals surface area contributed by atoms with Gasteiger partial charge in [-0.15, -0.1) is 0 Å². The van der Waals surface area contributed by atoms with Gasteiger partial charge < -0.3 is 10.1 Å². The van der Waals surface area contributed by atoms with Crippen molar-refractivity contribution in [3.8, 4) is 5.75 Å². The minimum Gasteiger partial charge on any atom is -0.491 e. The van der Waals surface area contributed by atoms with Gasteiger partial charge in [-0.3, -0.25) is 19.3 Å². The molecule has 0 saturated carbocycles. The van der Waals surface area contributed by atoms with Crippen LogP contribution in [-0.2, 0) is 14.4 Å². The maximum Gasteiger partial charge on any atom is 0.285 e. The van der Waals surface area contributed by atoms with Crippen molar-refractivity contribution in [2.45, 2.75) is 19.9 Å². The molecule has 3 amide bonds. The second kappa shape index (κ2) is 16.1. The van der Waals surface area contributed by atoms with Crippen LogP contribution in [0.25, 0.3) is 6.08 Å². The Bertz CT molecular complexity index is 1640. The van der Waals surface area contributed by atoms with Gasteiger partial charge in [-0.25, -0.2) is 0 Å². The lowest BCUT2D eigenvalue weighted by atomic mass is 9.99. The van der Waals surface area contributed by atoms with Gasteiger partial charge >= 0.3 is 0 Å². The Labute approximate surface area is 277 Å². The van der Waals surface area contributed by atoms with Gasteiger partial charge in [0.15, 0.2) is 10.9 Å². The first-order valence-electron chi connectivity index (χ1n) is 14.1. The van der Waals surface area contributed by atoms with E-state index in [1.54, 1.807) is 50.3 Å². The Balaban J connectivity index is 1.63. The molecule has 0 unspecified atom stereocenters. The molecule has 0 aromatic heterocycles. The monoisotopic (exact) mass is 659 g/mol. The fourth-order valence-electron chi connectivity index (χ4n) is 4.50. The van der Waals surface area contributed by atoms with E-state index in [1.165, 1.54) is 11.0 Å². The van der Waals surface area contributed by atoms with E-state index in [0.29, 0.717) is 23.6 Å². The van der Waals surface area contributed by atoms with E-state index in [0.717, 1.165) is 22.9 Å². The number of hydrogen-bond acceptors (Lipinski definition) is 5. The third-order valence-electron chi connectivity index (χ3n) is 6.53. The summed E-state index contributed by atoms with van der Waals surface area (Å²) in [6, 6.07) is 22.0. The number of amidine groups is 1. The van der Waals surface area contributed by atoms with Crippen molar-refractivity contribution >= 4 is 63.9 Å². The molecule has 1 heterocycles. The number of rotatable bonds is 11. The van der Waals surface area contributed by atoms with Crippen LogP contribution in [0.3, 0.4) is 0 Å². The fraction of sp³-hybridized carbons (Fsp3) is 0.143.